The molecule has 1 aromatic rings. The topological polar surface area (TPSA) is 82.6 Å². The summed E-state index contributed by atoms with van der Waals surface area (Å²) in [6.07, 6.45) is 0. The van der Waals surface area contributed by atoms with Gasteiger partial charge in [-0.15, -0.1) is 10.2 Å². The highest BCUT2D eigenvalue weighted by atomic mass is 16.4. The summed E-state index contributed by atoms with van der Waals surface area (Å²) in [5.74, 6) is 1.35. The Morgan fingerprint density at radius 3 is 2.25 bits per heavy atom. The zero-order valence-electron chi connectivity index (χ0n) is 9.76. The number of aliphatic hydroxyl groups excluding tert-OH is 2. The lowest BCUT2D eigenvalue weighted by Gasteiger charge is -2.17. The molecule has 6 nitrogen and oxygen atoms in total. The lowest BCUT2D eigenvalue weighted by atomic mass is 10.2. The molecule has 92 valence electrons. The molecule has 2 N–H and O–H groups in total. The van der Waals surface area contributed by atoms with Crippen LogP contribution < -0.4 is 0 Å². The largest absolute Gasteiger partial charge is 0.424 e. The second-order valence-corrected chi connectivity index (χ2v) is 3.91. The second-order valence-electron chi connectivity index (χ2n) is 3.91. The third-order valence-corrected chi connectivity index (χ3v) is 2.17. The molecular weight excluding hydrogens is 210 g/mol. The first kappa shape index (κ1) is 13.1. The van der Waals surface area contributed by atoms with Crippen LogP contribution in [0.3, 0.4) is 0 Å². The van der Waals surface area contributed by atoms with E-state index in [2.05, 4.69) is 10.2 Å². The fraction of sp³-hybridized carbons (Fsp3) is 0.800. The average Bonchev–Trinajstić information content (AvgIpc) is 2.67. The van der Waals surface area contributed by atoms with Gasteiger partial charge in [-0.2, -0.15) is 0 Å². The lowest BCUT2D eigenvalue weighted by Crippen LogP contribution is -2.29. The van der Waals surface area contributed by atoms with Crippen LogP contribution in [0.2, 0.25) is 0 Å². The minimum atomic E-state index is 0.0468. The van der Waals surface area contributed by atoms with Crippen molar-refractivity contribution in [3.05, 3.63) is 11.8 Å². The molecule has 0 amide bonds. The zero-order valence-corrected chi connectivity index (χ0v) is 9.76. The van der Waals surface area contributed by atoms with E-state index in [-0.39, 0.29) is 19.1 Å². The molecule has 6 heteroatoms. The number of hydrogen-bond acceptors (Lipinski definition) is 6. The van der Waals surface area contributed by atoms with Crippen LogP contribution in [-0.4, -0.2) is 51.6 Å². The molecule has 0 radical (unpaired) electrons. The van der Waals surface area contributed by atoms with Crippen molar-refractivity contribution in [3.63, 3.8) is 0 Å². The van der Waals surface area contributed by atoms with Crippen LogP contribution in [0.1, 0.15) is 31.5 Å². The fourth-order valence-electron chi connectivity index (χ4n) is 1.31. The van der Waals surface area contributed by atoms with Gasteiger partial charge < -0.3 is 14.6 Å². The van der Waals surface area contributed by atoms with E-state index < -0.39 is 0 Å². The third-order valence-electron chi connectivity index (χ3n) is 2.17. The summed E-state index contributed by atoms with van der Waals surface area (Å²) in [5, 5.41) is 25.5. The molecule has 0 aromatic carbocycles. The van der Waals surface area contributed by atoms with E-state index in [9.17, 15) is 0 Å². The van der Waals surface area contributed by atoms with Crippen molar-refractivity contribution in [1.29, 1.82) is 0 Å². The fourth-order valence-corrected chi connectivity index (χ4v) is 1.31. The molecule has 0 atom stereocenters. The van der Waals surface area contributed by atoms with Gasteiger partial charge in [-0.1, -0.05) is 13.8 Å². The summed E-state index contributed by atoms with van der Waals surface area (Å²) in [4.78, 5) is 1.86. The van der Waals surface area contributed by atoms with Gasteiger partial charge in [-0.05, 0) is 0 Å². The highest BCUT2D eigenvalue weighted by Crippen LogP contribution is 2.12. The molecule has 1 rings (SSSR count). The van der Waals surface area contributed by atoms with Crippen molar-refractivity contribution < 1.29 is 14.6 Å². The molecule has 0 saturated carbocycles. The van der Waals surface area contributed by atoms with E-state index >= 15 is 0 Å². The van der Waals surface area contributed by atoms with Crippen molar-refractivity contribution in [1.82, 2.24) is 15.1 Å². The van der Waals surface area contributed by atoms with Gasteiger partial charge in [-0.25, -0.2) is 0 Å². The minimum Gasteiger partial charge on any atom is -0.424 e. The van der Waals surface area contributed by atoms with Crippen LogP contribution in [0, 0.1) is 0 Å². The Kier molecular flexibility index (Phi) is 5.37. The molecule has 0 fully saturated rings. The zero-order chi connectivity index (χ0) is 12.0. The smallest absolute Gasteiger partial charge is 0.230 e. The molecule has 0 aliphatic heterocycles. The first-order valence-electron chi connectivity index (χ1n) is 5.43. The van der Waals surface area contributed by atoms with Crippen LogP contribution in [0.5, 0.6) is 0 Å². The van der Waals surface area contributed by atoms with Crippen LogP contribution in [0.15, 0.2) is 4.42 Å². The number of rotatable bonds is 7. The van der Waals surface area contributed by atoms with Crippen molar-refractivity contribution in [2.24, 2.45) is 0 Å². The quantitative estimate of drug-likeness (QED) is 0.683. The first-order chi connectivity index (χ1) is 7.67. The summed E-state index contributed by atoms with van der Waals surface area (Å²) in [5.41, 5.74) is 0. The van der Waals surface area contributed by atoms with Crippen molar-refractivity contribution >= 4 is 0 Å². The van der Waals surface area contributed by atoms with E-state index in [1.807, 2.05) is 18.7 Å². The normalized spacial score (nSPS) is 11.6. The van der Waals surface area contributed by atoms with Gasteiger partial charge in [0.2, 0.25) is 11.8 Å². The number of aliphatic hydroxyl groups is 2. The maximum atomic E-state index is 8.84. The maximum absolute atomic E-state index is 8.84. The van der Waals surface area contributed by atoms with Gasteiger partial charge in [0.1, 0.15) is 0 Å². The Balaban J connectivity index is 2.55. The first-order valence-corrected chi connectivity index (χ1v) is 5.43. The Hall–Kier alpha value is -0.980. The van der Waals surface area contributed by atoms with Gasteiger partial charge in [-0.3, -0.25) is 4.90 Å². The van der Waals surface area contributed by atoms with E-state index in [1.54, 1.807) is 0 Å². The van der Waals surface area contributed by atoms with E-state index in [1.165, 1.54) is 0 Å². The lowest BCUT2D eigenvalue weighted by molar-refractivity contribution is 0.146. The molecule has 1 heterocycles. The second kappa shape index (κ2) is 6.57. The molecule has 16 heavy (non-hydrogen) atoms. The minimum absolute atomic E-state index is 0.0468. The number of nitrogens with zero attached hydrogens (tertiary/aromatic N) is 3. The van der Waals surface area contributed by atoms with Crippen molar-refractivity contribution in [2.45, 2.75) is 26.3 Å². The third kappa shape index (κ3) is 3.88. The van der Waals surface area contributed by atoms with Gasteiger partial charge >= 0.3 is 0 Å². The Bertz CT molecular complexity index is 295. The van der Waals surface area contributed by atoms with Gasteiger partial charge in [0.05, 0.1) is 19.8 Å². The van der Waals surface area contributed by atoms with Crippen molar-refractivity contribution in [2.75, 3.05) is 26.3 Å². The summed E-state index contributed by atoms with van der Waals surface area (Å²) >= 11 is 0. The van der Waals surface area contributed by atoms with Crippen LogP contribution >= 0.6 is 0 Å². The van der Waals surface area contributed by atoms with E-state index in [0.29, 0.717) is 31.4 Å². The molecular formula is C10H19N3O3. The molecule has 0 bridgehead atoms. The predicted molar refractivity (Wildman–Crippen MR) is 57.8 cm³/mol. The summed E-state index contributed by atoms with van der Waals surface area (Å²) in [6, 6.07) is 0. The molecule has 0 aliphatic carbocycles. The van der Waals surface area contributed by atoms with Crippen LogP contribution in [-0.2, 0) is 6.54 Å². The molecule has 0 unspecified atom stereocenters. The predicted octanol–water partition coefficient (Wildman–Crippen LogP) is -0.0204. The maximum Gasteiger partial charge on any atom is 0.230 e. The standard InChI is InChI=1S/C10H19N3O3/c1-8(2)10-12-11-9(16-10)7-13(3-5-14)4-6-15/h8,14-15H,3-7H2,1-2H3. The SMILES string of the molecule is CC(C)c1nnc(CN(CCO)CCO)o1. The van der Waals surface area contributed by atoms with Gasteiger partial charge in [0.15, 0.2) is 0 Å². The monoisotopic (exact) mass is 229 g/mol. The van der Waals surface area contributed by atoms with Gasteiger partial charge in [0.25, 0.3) is 0 Å². The van der Waals surface area contributed by atoms with Crippen LogP contribution in [0.25, 0.3) is 0 Å². The highest BCUT2D eigenvalue weighted by molar-refractivity contribution is 4.87. The summed E-state index contributed by atoms with van der Waals surface area (Å²) < 4.78 is 5.44. The van der Waals surface area contributed by atoms with Crippen molar-refractivity contribution in [3.8, 4) is 0 Å². The van der Waals surface area contributed by atoms with E-state index in [0.717, 1.165) is 0 Å². The van der Waals surface area contributed by atoms with E-state index in [4.69, 9.17) is 14.6 Å². The highest BCUT2D eigenvalue weighted by Gasteiger charge is 2.12. The Morgan fingerprint density at radius 2 is 1.81 bits per heavy atom. The Labute approximate surface area is 94.9 Å². The molecule has 0 aliphatic rings. The summed E-state index contributed by atoms with van der Waals surface area (Å²) in [7, 11) is 0. The number of aromatic nitrogens is 2. The molecule has 0 spiro atoms. The molecule has 0 saturated heterocycles. The van der Waals surface area contributed by atoms with Gasteiger partial charge in [0, 0.05) is 19.0 Å². The summed E-state index contributed by atoms with van der Waals surface area (Å²) in [6.45, 7) is 5.49. The number of hydrogen-bond donors (Lipinski definition) is 2. The average molecular weight is 229 g/mol. The Morgan fingerprint density at radius 1 is 1.19 bits per heavy atom. The molecule has 1 aromatic heterocycles. The van der Waals surface area contributed by atoms with Crippen LogP contribution in [0.4, 0.5) is 0 Å².